The average Bonchev–Trinajstić information content (AvgIpc) is 2.95. The zero-order valence-corrected chi connectivity index (χ0v) is 18.6. The standard InChI is InChI=1S/C25H34O5/c1-5-22(29)30-25(21(28)14-26)15(2)12-20-18-7-6-16-13-17(27)8-10-23(16,3)19(18)9-11-24(20,25)4/h9,11,13,15,18-20,26H,5-8,10,12,14H2,1-4H3/t15?,18-,19+,20+,23+,24+,25+/m1/s1. The molecular weight excluding hydrogens is 380 g/mol. The molecule has 0 saturated heterocycles. The highest BCUT2D eigenvalue weighted by atomic mass is 16.6. The second kappa shape index (κ2) is 7.15. The predicted molar refractivity (Wildman–Crippen MR) is 112 cm³/mol. The van der Waals surface area contributed by atoms with E-state index in [4.69, 9.17) is 4.74 Å². The van der Waals surface area contributed by atoms with E-state index in [1.54, 1.807) is 6.92 Å². The third kappa shape index (κ3) is 2.66. The SMILES string of the molecule is CCC(=O)O[C@]1(C(=O)CO)C(C)C[C@H]2[C@@H]3CCC4=CC(=O)CC[C@]4(C)[C@H]3C=C[C@@]21C. The maximum Gasteiger partial charge on any atom is 0.306 e. The van der Waals surface area contributed by atoms with Crippen molar-refractivity contribution in [2.24, 2.45) is 34.5 Å². The number of rotatable bonds is 4. The molecule has 4 aliphatic carbocycles. The zero-order chi connectivity index (χ0) is 21.9. The highest BCUT2D eigenvalue weighted by Crippen LogP contribution is 2.67. The minimum Gasteiger partial charge on any atom is -0.450 e. The Morgan fingerprint density at radius 1 is 1.27 bits per heavy atom. The number of hydrogen-bond donors (Lipinski definition) is 1. The summed E-state index contributed by atoms with van der Waals surface area (Å²) >= 11 is 0. The summed E-state index contributed by atoms with van der Waals surface area (Å²) < 4.78 is 5.96. The third-order valence-electron chi connectivity index (χ3n) is 9.06. The number of ketones is 2. The second-order valence-electron chi connectivity index (χ2n) is 10.3. The molecule has 0 heterocycles. The molecule has 0 amide bonds. The molecule has 4 rings (SSSR count). The van der Waals surface area contributed by atoms with E-state index in [0.717, 1.165) is 25.7 Å². The first-order valence-electron chi connectivity index (χ1n) is 11.4. The molecule has 1 N–H and O–H groups in total. The molecule has 5 heteroatoms. The quantitative estimate of drug-likeness (QED) is 0.559. The molecule has 2 saturated carbocycles. The summed E-state index contributed by atoms with van der Waals surface area (Å²) in [6.07, 6.45) is 10.6. The topological polar surface area (TPSA) is 80.7 Å². The van der Waals surface area contributed by atoms with Crippen molar-refractivity contribution < 1.29 is 24.2 Å². The van der Waals surface area contributed by atoms with Crippen molar-refractivity contribution in [1.82, 2.24) is 0 Å². The van der Waals surface area contributed by atoms with Gasteiger partial charge in [-0.2, -0.15) is 0 Å². The van der Waals surface area contributed by atoms with Crippen LogP contribution in [0.15, 0.2) is 23.8 Å². The third-order valence-corrected chi connectivity index (χ3v) is 9.06. The van der Waals surface area contributed by atoms with Gasteiger partial charge in [0.15, 0.2) is 11.4 Å². The smallest absolute Gasteiger partial charge is 0.306 e. The minimum absolute atomic E-state index is 0.0236. The maximum absolute atomic E-state index is 13.1. The minimum atomic E-state index is -1.32. The number of aliphatic hydroxyl groups is 1. The molecule has 5 nitrogen and oxygen atoms in total. The number of aliphatic hydroxyl groups excluding tert-OH is 1. The fourth-order valence-corrected chi connectivity index (χ4v) is 7.47. The van der Waals surface area contributed by atoms with Crippen LogP contribution in [-0.4, -0.2) is 34.9 Å². The van der Waals surface area contributed by atoms with Crippen molar-refractivity contribution in [3.8, 4) is 0 Å². The van der Waals surface area contributed by atoms with Crippen LogP contribution in [-0.2, 0) is 19.1 Å². The van der Waals surface area contributed by atoms with Crippen molar-refractivity contribution >= 4 is 17.5 Å². The monoisotopic (exact) mass is 414 g/mol. The van der Waals surface area contributed by atoms with Crippen molar-refractivity contribution in [2.45, 2.75) is 71.8 Å². The van der Waals surface area contributed by atoms with Crippen LogP contribution < -0.4 is 0 Å². The Labute approximate surface area is 178 Å². The van der Waals surface area contributed by atoms with Crippen LogP contribution in [0, 0.1) is 34.5 Å². The number of allylic oxidation sites excluding steroid dienone is 3. The van der Waals surface area contributed by atoms with Gasteiger partial charge in [0.1, 0.15) is 6.61 Å². The Morgan fingerprint density at radius 2 is 2.00 bits per heavy atom. The van der Waals surface area contributed by atoms with E-state index in [-0.39, 0.29) is 29.5 Å². The summed E-state index contributed by atoms with van der Waals surface area (Å²) in [6.45, 7) is 7.42. The lowest BCUT2D eigenvalue weighted by Gasteiger charge is -2.56. The van der Waals surface area contributed by atoms with Gasteiger partial charge in [-0.15, -0.1) is 0 Å². The zero-order valence-electron chi connectivity index (χ0n) is 18.6. The van der Waals surface area contributed by atoms with Gasteiger partial charge in [0.05, 0.1) is 0 Å². The van der Waals surface area contributed by atoms with E-state index in [1.807, 2.05) is 19.9 Å². The van der Waals surface area contributed by atoms with Crippen LogP contribution in [0.1, 0.15) is 66.2 Å². The molecule has 0 spiro atoms. The molecule has 0 aliphatic heterocycles. The lowest BCUT2D eigenvalue weighted by atomic mass is 9.48. The Hall–Kier alpha value is -1.75. The molecule has 2 fully saturated rings. The first kappa shape index (κ1) is 21.5. The van der Waals surface area contributed by atoms with Crippen LogP contribution in [0.5, 0.6) is 0 Å². The lowest BCUT2D eigenvalue weighted by molar-refractivity contribution is -0.186. The number of Topliss-reactive ketones (excluding diaryl/α,β-unsaturated/α-hetero) is 1. The highest BCUT2D eigenvalue weighted by molar-refractivity contribution is 5.93. The van der Waals surface area contributed by atoms with Crippen molar-refractivity contribution in [3.63, 3.8) is 0 Å². The van der Waals surface area contributed by atoms with Gasteiger partial charge in [-0.05, 0) is 54.9 Å². The van der Waals surface area contributed by atoms with Crippen molar-refractivity contribution in [1.29, 1.82) is 0 Å². The summed E-state index contributed by atoms with van der Waals surface area (Å²) in [5.74, 6) is 0.161. The van der Waals surface area contributed by atoms with Crippen LogP contribution in [0.2, 0.25) is 0 Å². The van der Waals surface area contributed by atoms with E-state index in [0.29, 0.717) is 18.3 Å². The molecule has 0 aromatic rings. The van der Waals surface area contributed by atoms with Crippen LogP contribution in [0.25, 0.3) is 0 Å². The molecule has 4 aliphatic rings. The fraction of sp³-hybridized carbons (Fsp3) is 0.720. The average molecular weight is 415 g/mol. The number of ether oxygens (including phenoxy) is 1. The second-order valence-corrected chi connectivity index (χ2v) is 10.3. The number of carbonyl (C=O) groups excluding carboxylic acids is 3. The lowest BCUT2D eigenvalue weighted by Crippen LogP contribution is -2.60. The molecule has 0 aromatic carbocycles. The van der Waals surface area contributed by atoms with E-state index >= 15 is 0 Å². The summed E-state index contributed by atoms with van der Waals surface area (Å²) in [5.41, 5.74) is -0.709. The van der Waals surface area contributed by atoms with Gasteiger partial charge < -0.3 is 9.84 Å². The molecule has 164 valence electrons. The first-order chi connectivity index (χ1) is 14.1. The number of carbonyl (C=O) groups is 3. The molecule has 7 atom stereocenters. The Balaban J connectivity index is 1.80. The van der Waals surface area contributed by atoms with Gasteiger partial charge in [-0.3, -0.25) is 14.4 Å². The van der Waals surface area contributed by atoms with Gasteiger partial charge in [-0.1, -0.05) is 45.4 Å². The summed E-state index contributed by atoms with van der Waals surface area (Å²) in [5, 5.41) is 9.82. The van der Waals surface area contributed by atoms with E-state index < -0.39 is 29.4 Å². The van der Waals surface area contributed by atoms with Crippen LogP contribution in [0.3, 0.4) is 0 Å². The largest absolute Gasteiger partial charge is 0.450 e. The highest BCUT2D eigenvalue weighted by Gasteiger charge is 2.70. The van der Waals surface area contributed by atoms with Gasteiger partial charge >= 0.3 is 5.97 Å². The molecule has 0 radical (unpaired) electrons. The van der Waals surface area contributed by atoms with Crippen LogP contribution in [0.4, 0.5) is 0 Å². The number of fused-ring (bicyclic) bond motifs is 5. The van der Waals surface area contributed by atoms with Crippen LogP contribution >= 0.6 is 0 Å². The van der Waals surface area contributed by atoms with Gasteiger partial charge in [0.25, 0.3) is 0 Å². The van der Waals surface area contributed by atoms with Gasteiger partial charge in [0, 0.05) is 24.2 Å². The van der Waals surface area contributed by atoms with Crippen molar-refractivity contribution in [2.75, 3.05) is 6.61 Å². The van der Waals surface area contributed by atoms with Crippen molar-refractivity contribution in [3.05, 3.63) is 23.8 Å². The molecule has 1 unspecified atom stereocenters. The van der Waals surface area contributed by atoms with Gasteiger partial charge in [0.2, 0.25) is 5.78 Å². The normalized spacial score (nSPS) is 44.6. The maximum atomic E-state index is 13.1. The van der Waals surface area contributed by atoms with E-state index in [2.05, 4.69) is 19.1 Å². The molecule has 0 aromatic heterocycles. The Morgan fingerprint density at radius 3 is 2.67 bits per heavy atom. The number of esters is 1. The summed E-state index contributed by atoms with van der Waals surface area (Å²) in [4.78, 5) is 37.5. The van der Waals surface area contributed by atoms with E-state index in [9.17, 15) is 19.5 Å². The van der Waals surface area contributed by atoms with Gasteiger partial charge in [-0.25, -0.2) is 0 Å². The number of hydrogen-bond acceptors (Lipinski definition) is 5. The Kier molecular flexibility index (Phi) is 5.12. The molecule has 30 heavy (non-hydrogen) atoms. The fourth-order valence-electron chi connectivity index (χ4n) is 7.47. The predicted octanol–water partition coefficient (Wildman–Crippen LogP) is 3.79. The molecular formula is C25H34O5. The van der Waals surface area contributed by atoms with E-state index in [1.165, 1.54) is 5.57 Å². The first-order valence-corrected chi connectivity index (χ1v) is 11.4. The Bertz CT molecular complexity index is 840. The summed E-state index contributed by atoms with van der Waals surface area (Å²) in [7, 11) is 0. The summed E-state index contributed by atoms with van der Waals surface area (Å²) in [6, 6.07) is 0. The molecule has 0 bridgehead atoms.